The van der Waals surface area contributed by atoms with Gasteiger partial charge in [0.05, 0.1) is 10.2 Å². The Morgan fingerprint density at radius 3 is 3.07 bits per heavy atom. The molecule has 1 aromatic carbocycles. The van der Waals surface area contributed by atoms with Crippen LogP contribution >= 0.6 is 11.3 Å². The summed E-state index contributed by atoms with van der Waals surface area (Å²) in [6.45, 7) is 4.06. The van der Waals surface area contributed by atoms with Crippen LogP contribution in [0.3, 0.4) is 0 Å². The highest BCUT2D eigenvalue weighted by Crippen LogP contribution is 2.19. The highest BCUT2D eigenvalue weighted by molar-refractivity contribution is 7.16. The van der Waals surface area contributed by atoms with Gasteiger partial charge < -0.3 is 4.57 Å². The van der Waals surface area contributed by atoms with Gasteiger partial charge in [-0.3, -0.25) is 5.41 Å². The van der Waals surface area contributed by atoms with Gasteiger partial charge >= 0.3 is 0 Å². The van der Waals surface area contributed by atoms with Crippen molar-refractivity contribution in [3.8, 4) is 0 Å². The van der Waals surface area contributed by atoms with E-state index < -0.39 is 0 Å². The lowest BCUT2D eigenvalue weighted by Crippen LogP contribution is -2.12. The average molecular weight is 208 g/mol. The van der Waals surface area contributed by atoms with Gasteiger partial charge in [0, 0.05) is 6.54 Å². The monoisotopic (exact) mass is 208 g/mol. The molecule has 0 radical (unpaired) electrons. The first kappa shape index (κ1) is 9.15. The van der Waals surface area contributed by atoms with E-state index in [1.54, 1.807) is 16.7 Å². The van der Waals surface area contributed by atoms with E-state index in [9.17, 15) is 4.39 Å². The van der Waals surface area contributed by atoms with Crippen LogP contribution in [0, 0.1) is 11.2 Å². The number of nitrogens with zero attached hydrogens (tertiary/aromatic N) is 1. The molecule has 0 saturated heterocycles. The van der Waals surface area contributed by atoms with Crippen molar-refractivity contribution in [3.63, 3.8) is 0 Å². The summed E-state index contributed by atoms with van der Waals surface area (Å²) < 4.78 is 15.9. The molecule has 1 aromatic heterocycles. The fourth-order valence-corrected chi connectivity index (χ4v) is 2.34. The first-order chi connectivity index (χ1) is 6.74. The summed E-state index contributed by atoms with van der Waals surface area (Å²) in [5, 5.41) is 7.67. The second-order valence-electron chi connectivity index (χ2n) is 2.89. The van der Waals surface area contributed by atoms with Crippen molar-refractivity contribution < 1.29 is 4.39 Å². The van der Waals surface area contributed by atoms with Crippen LogP contribution < -0.4 is 4.80 Å². The first-order valence-corrected chi connectivity index (χ1v) is 4.99. The second kappa shape index (κ2) is 3.38. The molecule has 0 amide bonds. The number of thiazole rings is 1. The van der Waals surface area contributed by atoms with Crippen molar-refractivity contribution in [2.45, 2.75) is 6.54 Å². The minimum atomic E-state index is -0.279. The maximum atomic E-state index is 13.5. The molecule has 0 fully saturated rings. The van der Waals surface area contributed by atoms with Crippen molar-refractivity contribution in [1.29, 1.82) is 5.41 Å². The largest absolute Gasteiger partial charge is 0.311 e. The number of nitrogens with one attached hydrogen (secondary N) is 1. The summed E-state index contributed by atoms with van der Waals surface area (Å²) >= 11 is 1.27. The van der Waals surface area contributed by atoms with Crippen LogP contribution in [-0.2, 0) is 6.54 Å². The smallest absolute Gasteiger partial charge is 0.183 e. The van der Waals surface area contributed by atoms with Crippen LogP contribution in [0.4, 0.5) is 4.39 Å². The average Bonchev–Trinajstić information content (AvgIpc) is 2.45. The molecular formula is C10H9FN2S. The van der Waals surface area contributed by atoms with Crippen LogP contribution in [0.25, 0.3) is 10.2 Å². The molecule has 0 unspecified atom stereocenters. The molecule has 1 heterocycles. The van der Waals surface area contributed by atoms with Crippen LogP contribution in [0.5, 0.6) is 0 Å². The van der Waals surface area contributed by atoms with Gasteiger partial charge in [0.25, 0.3) is 0 Å². The van der Waals surface area contributed by atoms with E-state index in [0.29, 0.717) is 16.9 Å². The van der Waals surface area contributed by atoms with Crippen molar-refractivity contribution in [3.05, 3.63) is 41.5 Å². The molecule has 1 N–H and O–H groups in total. The predicted molar refractivity (Wildman–Crippen MR) is 55.8 cm³/mol. The van der Waals surface area contributed by atoms with Gasteiger partial charge in [0.15, 0.2) is 4.80 Å². The molecule has 0 spiro atoms. The van der Waals surface area contributed by atoms with Crippen LogP contribution in [-0.4, -0.2) is 4.57 Å². The normalized spacial score (nSPS) is 10.6. The van der Waals surface area contributed by atoms with Gasteiger partial charge in [-0.1, -0.05) is 23.5 Å². The Morgan fingerprint density at radius 2 is 2.36 bits per heavy atom. The van der Waals surface area contributed by atoms with E-state index in [2.05, 4.69) is 6.58 Å². The number of allylic oxidation sites excluding steroid dienone is 1. The number of halogens is 1. The predicted octanol–water partition coefficient (Wildman–Crippen LogP) is 2.51. The van der Waals surface area contributed by atoms with Gasteiger partial charge in [-0.15, -0.1) is 6.58 Å². The maximum Gasteiger partial charge on any atom is 0.183 e. The number of para-hydroxylation sites is 1. The summed E-state index contributed by atoms with van der Waals surface area (Å²) in [4.78, 5) is 0.352. The SMILES string of the molecule is C=CCn1c(=N)sc2cccc(F)c21. The third-order valence-corrected chi connectivity index (χ3v) is 2.95. The molecule has 0 aliphatic carbocycles. The Bertz CT molecular complexity index is 539. The second-order valence-corrected chi connectivity index (χ2v) is 3.92. The van der Waals surface area contributed by atoms with Crippen LogP contribution in [0.1, 0.15) is 0 Å². The number of benzene rings is 1. The van der Waals surface area contributed by atoms with E-state index >= 15 is 0 Å². The fourth-order valence-electron chi connectivity index (χ4n) is 1.40. The number of hydrogen-bond acceptors (Lipinski definition) is 2. The zero-order valence-corrected chi connectivity index (χ0v) is 8.27. The lowest BCUT2D eigenvalue weighted by atomic mass is 10.3. The highest BCUT2D eigenvalue weighted by Gasteiger charge is 2.07. The van der Waals surface area contributed by atoms with Crippen LogP contribution in [0.2, 0.25) is 0 Å². The molecule has 0 saturated carbocycles. The third-order valence-electron chi connectivity index (χ3n) is 1.98. The Labute approximate surface area is 84.4 Å². The Morgan fingerprint density at radius 1 is 1.57 bits per heavy atom. The minimum absolute atomic E-state index is 0.279. The van der Waals surface area contributed by atoms with Crippen molar-refractivity contribution >= 4 is 21.6 Å². The van der Waals surface area contributed by atoms with E-state index in [1.165, 1.54) is 17.4 Å². The number of hydrogen-bond donors (Lipinski definition) is 1. The van der Waals surface area contributed by atoms with Crippen LogP contribution in [0.15, 0.2) is 30.9 Å². The van der Waals surface area contributed by atoms with Crippen molar-refractivity contribution in [1.82, 2.24) is 4.57 Å². The maximum absolute atomic E-state index is 13.5. The lowest BCUT2D eigenvalue weighted by Gasteiger charge is -2.00. The number of fused-ring (bicyclic) bond motifs is 1. The zero-order chi connectivity index (χ0) is 10.1. The molecule has 2 aromatic rings. The molecule has 4 heteroatoms. The van der Waals surface area contributed by atoms with Gasteiger partial charge in [-0.25, -0.2) is 4.39 Å². The summed E-state index contributed by atoms with van der Waals surface area (Å²) in [6, 6.07) is 4.89. The summed E-state index contributed by atoms with van der Waals surface area (Å²) in [5.74, 6) is -0.279. The summed E-state index contributed by atoms with van der Waals surface area (Å²) in [7, 11) is 0. The number of rotatable bonds is 2. The van der Waals surface area contributed by atoms with Gasteiger partial charge in [-0.2, -0.15) is 0 Å². The molecule has 0 aliphatic heterocycles. The summed E-state index contributed by atoms with van der Waals surface area (Å²) in [6.07, 6.45) is 1.66. The lowest BCUT2D eigenvalue weighted by molar-refractivity contribution is 0.626. The Balaban J connectivity index is 2.86. The fraction of sp³-hybridized carbons (Fsp3) is 0.100. The first-order valence-electron chi connectivity index (χ1n) is 4.17. The van der Waals surface area contributed by atoms with Gasteiger partial charge in [-0.05, 0) is 12.1 Å². The zero-order valence-electron chi connectivity index (χ0n) is 7.46. The summed E-state index contributed by atoms with van der Waals surface area (Å²) in [5.41, 5.74) is 0.502. The third kappa shape index (κ3) is 1.28. The highest BCUT2D eigenvalue weighted by atomic mass is 32.1. The Hall–Kier alpha value is -1.42. The molecule has 2 rings (SSSR count). The van der Waals surface area contributed by atoms with E-state index in [4.69, 9.17) is 5.41 Å². The van der Waals surface area contributed by atoms with Crippen molar-refractivity contribution in [2.75, 3.05) is 0 Å². The molecule has 72 valence electrons. The van der Waals surface area contributed by atoms with E-state index in [0.717, 1.165) is 4.70 Å². The van der Waals surface area contributed by atoms with E-state index in [1.807, 2.05) is 6.07 Å². The van der Waals surface area contributed by atoms with Gasteiger partial charge in [0.2, 0.25) is 0 Å². The Kier molecular flexibility index (Phi) is 2.21. The van der Waals surface area contributed by atoms with Gasteiger partial charge in [0.1, 0.15) is 5.82 Å². The standard InChI is InChI=1S/C10H9FN2S/c1-2-6-13-9-7(11)4-3-5-8(9)14-10(13)12/h2-5,12H,1,6H2. The molecule has 0 atom stereocenters. The molecule has 2 nitrogen and oxygen atoms in total. The minimum Gasteiger partial charge on any atom is -0.311 e. The van der Waals surface area contributed by atoms with E-state index in [-0.39, 0.29) is 5.82 Å². The number of aromatic nitrogens is 1. The topological polar surface area (TPSA) is 28.8 Å². The quantitative estimate of drug-likeness (QED) is 0.735. The molecule has 0 bridgehead atoms. The molecular weight excluding hydrogens is 199 g/mol. The van der Waals surface area contributed by atoms with Crippen molar-refractivity contribution in [2.24, 2.45) is 0 Å². The molecule has 0 aliphatic rings. The molecule has 14 heavy (non-hydrogen) atoms.